The summed E-state index contributed by atoms with van der Waals surface area (Å²) >= 11 is 5.32. The minimum absolute atomic E-state index is 0.730. The standard InChI is InChI=1S/C15H14N2OS/c1-18-12-6-4-5-11(9-12)10-13-14-7-2-3-8-17(14)15(19)16-13/h2-9H,10H2,1H3,(H,16,19). The summed E-state index contributed by atoms with van der Waals surface area (Å²) in [5.41, 5.74) is 3.44. The Morgan fingerprint density at radius 1 is 1.21 bits per heavy atom. The molecule has 0 unspecified atom stereocenters. The molecule has 1 N–H and O–H groups in total. The number of fused-ring (bicyclic) bond motifs is 1. The smallest absolute Gasteiger partial charge is 0.182 e. The fourth-order valence-electron chi connectivity index (χ4n) is 2.24. The molecule has 0 aliphatic heterocycles. The minimum atomic E-state index is 0.730. The second kappa shape index (κ2) is 4.90. The highest BCUT2D eigenvalue weighted by atomic mass is 32.1. The second-order valence-corrected chi connectivity index (χ2v) is 4.78. The molecule has 0 atom stereocenters. The normalized spacial score (nSPS) is 10.8. The molecule has 19 heavy (non-hydrogen) atoms. The molecule has 3 aromatic rings. The van der Waals surface area contributed by atoms with Crippen molar-refractivity contribution >= 4 is 17.7 Å². The van der Waals surface area contributed by atoms with Crippen molar-refractivity contribution in [1.82, 2.24) is 9.38 Å². The first-order valence-corrected chi connectivity index (χ1v) is 6.50. The number of hydrogen-bond donors (Lipinski definition) is 1. The average Bonchev–Trinajstić information content (AvgIpc) is 2.76. The summed E-state index contributed by atoms with van der Waals surface area (Å²) in [6.45, 7) is 0. The molecule has 0 bridgehead atoms. The minimum Gasteiger partial charge on any atom is -0.497 e. The molecule has 0 amide bonds. The Labute approximate surface area is 116 Å². The highest BCUT2D eigenvalue weighted by Crippen LogP contribution is 2.18. The van der Waals surface area contributed by atoms with Gasteiger partial charge in [-0.1, -0.05) is 18.2 Å². The Bertz CT molecular complexity index is 773. The largest absolute Gasteiger partial charge is 0.497 e. The Balaban J connectivity index is 2.03. The lowest BCUT2D eigenvalue weighted by molar-refractivity contribution is 0.414. The van der Waals surface area contributed by atoms with Gasteiger partial charge >= 0.3 is 0 Å². The summed E-state index contributed by atoms with van der Waals surface area (Å²) in [5, 5.41) is 0. The summed E-state index contributed by atoms with van der Waals surface area (Å²) < 4.78 is 7.97. The van der Waals surface area contributed by atoms with E-state index in [9.17, 15) is 0 Å². The van der Waals surface area contributed by atoms with Gasteiger partial charge in [-0.3, -0.25) is 4.40 Å². The van der Waals surface area contributed by atoms with Crippen LogP contribution >= 0.6 is 12.2 Å². The molecule has 0 saturated carbocycles. The van der Waals surface area contributed by atoms with E-state index in [0.717, 1.165) is 28.2 Å². The average molecular weight is 270 g/mol. The quantitative estimate of drug-likeness (QED) is 0.737. The third-order valence-electron chi connectivity index (χ3n) is 3.16. The van der Waals surface area contributed by atoms with Crippen molar-refractivity contribution in [2.75, 3.05) is 7.11 Å². The van der Waals surface area contributed by atoms with Crippen LogP contribution in [0.25, 0.3) is 5.52 Å². The van der Waals surface area contributed by atoms with Crippen molar-refractivity contribution in [3.8, 4) is 5.75 Å². The number of H-pyrrole nitrogens is 1. The number of aromatic nitrogens is 2. The van der Waals surface area contributed by atoms with Crippen LogP contribution in [0.2, 0.25) is 0 Å². The van der Waals surface area contributed by atoms with Crippen LogP contribution in [0.1, 0.15) is 11.3 Å². The van der Waals surface area contributed by atoms with Crippen molar-refractivity contribution in [2.24, 2.45) is 0 Å². The van der Waals surface area contributed by atoms with E-state index in [2.05, 4.69) is 17.1 Å². The zero-order valence-electron chi connectivity index (χ0n) is 10.6. The van der Waals surface area contributed by atoms with Gasteiger partial charge in [0.05, 0.1) is 12.6 Å². The number of rotatable bonds is 3. The van der Waals surface area contributed by atoms with Gasteiger partial charge in [-0.25, -0.2) is 0 Å². The molecule has 2 heterocycles. The molecular formula is C15H14N2OS. The van der Waals surface area contributed by atoms with Crippen LogP contribution in [0.3, 0.4) is 0 Å². The van der Waals surface area contributed by atoms with Crippen molar-refractivity contribution in [3.63, 3.8) is 0 Å². The predicted molar refractivity (Wildman–Crippen MR) is 78.4 cm³/mol. The van der Waals surface area contributed by atoms with Crippen molar-refractivity contribution in [2.45, 2.75) is 6.42 Å². The third kappa shape index (κ3) is 2.27. The Morgan fingerprint density at radius 2 is 2.11 bits per heavy atom. The predicted octanol–water partition coefficient (Wildman–Crippen LogP) is 3.60. The molecule has 0 aliphatic rings. The van der Waals surface area contributed by atoms with Crippen molar-refractivity contribution < 1.29 is 4.74 Å². The van der Waals surface area contributed by atoms with Gasteiger partial charge in [0.1, 0.15) is 5.75 Å². The van der Waals surface area contributed by atoms with Crippen molar-refractivity contribution in [1.29, 1.82) is 0 Å². The number of nitrogens with one attached hydrogen (secondary N) is 1. The summed E-state index contributed by atoms with van der Waals surface area (Å²) in [6.07, 6.45) is 2.78. The monoisotopic (exact) mass is 270 g/mol. The number of hydrogen-bond acceptors (Lipinski definition) is 2. The van der Waals surface area contributed by atoms with Crippen LogP contribution in [-0.2, 0) is 6.42 Å². The first kappa shape index (κ1) is 12.0. The number of ether oxygens (including phenoxy) is 1. The van der Waals surface area contributed by atoms with E-state index >= 15 is 0 Å². The highest BCUT2D eigenvalue weighted by molar-refractivity contribution is 7.71. The molecular weight excluding hydrogens is 256 g/mol. The van der Waals surface area contributed by atoms with Crippen LogP contribution in [0.4, 0.5) is 0 Å². The SMILES string of the molecule is COc1cccc(Cc2[nH]c(=S)n3ccccc23)c1. The number of nitrogens with zero attached hydrogens (tertiary/aromatic N) is 1. The molecule has 3 rings (SSSR count). The number of aromatic amines is 1. The summed E-state index contributed by atoms with van der Waals surface area (Å²) in [6, 6.07) is 14.2. The summed E-state index contributed by atoms with van der Waals surface area (Å²) in [4.78, 5) is 3.28. The van der Waals surface area contributed by atoms with Crippen molar-refractivity contribution in [3.05, 3.63) is 64.7 Å². The van der Waals surface area contributed by atoms with Gasteiger partial charge in [0.25, 0.3) is 0 Å². The fraction of sp³-hybridized carbons (Fsp3) is 0.133. The lowest BCUT2D eigenvalue weighted by Crippen LogP contribution is -1.91. The fourth-order valence-corrected chi connectivity index (χ4v) is 2.52. The van der Waals surface area contributed by atoms with Crippen LogP contribution in [-0.4, -0.2) is 16.5 Å². The first-order valence-electron chi connectivity index (χ1n) is 6.09. The molecule has 3 nitrogen and oxygen atoms in total. The molecule has 0 radical (unpaired) electrons. The van der Waals surface area contributed by atoms with E-state index < -0.39 is 0 Å². The van der Waals surface area contributed by atoms with Crippen LogP contribution < -0.4 is 4.74 Å². The molecule has 96 valence electrons. The maximum absolute atomic E-state index is 5.32. The maximum Gasteiger partial charge on any atom is 0.182 e. The topological polar surface area (TPSA) is 29.4 Å². The van der Waals surface area contributed by atoms with E-state index in [-0.39, 0.29) is 0 Å². The van der Waals surface area contributed by atoms with Gasteiger partial charge < -0.3 is 9.72 Å². The zero-order valence-corrected chi connectivity index (χ0v) is 11.4. The lowest BCUT2D eigenvalue weighted by atomic mass is 10.1. The van der Waals surface area contributed by atoms with Gasteiger partial charge in [0, 0.05) is 18.3 Å². The van der Waals surface area contributed by atoms with Gasteiger partial charge in [0.15, 0.2) is 4.77 Å². The first-order chi connectivity index (χ1) is 9.28. The summed E-state index contributed by atoms with van der Waals surface area (Å²) in [5.74, 6) is 0.875. The van der Waals surface area contributed by atoms with Gasteiger partial charge in [0.2, 0.25) is 0 Å². The maximum atomic E-state index is 5.32. The second-order valence-electron chi connectivity index (χ2n) is 4.39. The Morgan fingerprint density at radius 3 is 2.95 bits per heavy atom. The molecule has 0 aliphatic carbocycles. The van der Waals surface area contributed by atoms with Gasteiger partial charge in [-0.05, 0) is 42.0 Å². The molecule has 0 saturated heterocycles. The Hall–Kier alpha value is -2.07. The number of benzene rings is 1. The lowest BCUT2D eigenvalue weighted by Gasteiger charge is -2.03. The Kier molecular flexibility index (Phi) is 3.09. The van der Waals surface area contributed by atoms with E-state index in [4.69, 9.17) is 17.0 Å². The van der Waals surface area contributed by atoms with E-state index in [1.165, 1.54) is 5.56 Å². The van der Waals surface area contributed by atoms with E-state index in [1.807, 2.05) is 40.9 Å². The third-order valence-corrected chi connectivity index (χ3v) is 3.46. The molecule has 1 aromatic carbocycles. The molecule has 0 fully saturated rings. The van der Waals surface area contributed by atoms with Gasteiger partial charge in [-0.15, -0.1) is 0 Å². The van der Waals surface area contributed by atoms with E-state index in [1.54, 1.807) is 7.11 Å². The zero-order chi connectivity index (χ0) is 13.2. The summed E-state index contributed by atoms with van der Waals surface area (Å²) in [7, 11) is 1.68. The van der Waals surface area contributed by atoms with Crippen LogP contribution in [0.5, 0.6) is 5.75 Å². The molecule has 2 aromatic heterocycles. The molecule has 0 spiro atoms. The van der Waals surface area contributed by atoms with Gasteiger partial charge in [-0.2, -0.15) is 0 Å². The van der Waals surface area contributed by atoms with Crippen LogP contribution in [0.15, 0.2) is 48.7 Å². The number of methoxy groups -OCH3 is 1. The van der Waals surface area contributed by atoms with E-state index in [0.29, 0.717) is 0 Å². The number of imidazole rings is 1. The molecule has 4 heteroatoms. The number of pyridine rings is 1. The van der Waals surface area contributed by atoms with Crippen LogP contribution in [0, 0.1) is 4.77 Å². The highest BCUT2D eigenvalue weighted by Gasteiger charge is 2.06.